The highest BCUT2D eigenvalue weighted by atomic mass is 32.1. The Kier molecular flexibility index (Phi) is 3.45. The summed E-state index contributed by atoms with van der Waals surface area (Å²) in [5.74, 6) is 0.136. The van der Waals surface area contributed by atoms with Crippen LogP contribution in [-0.4, -0.2) is 10.8 Å². The van der Waals surface area contributed by atoms with E-state index in [1.165, 1.54) is 16.9 Å². The van der Waals surface area contributed by atoms with Gasteiger partial charge in [-0.25, -0.2) is 0 Å². The van der Waals surface area contributed by atoms with E-state index in [2.05, 4.69) is 24.9 Å². The molecule has 0 bridgehead atoms. The molecule has 3 rings (SSSR count). The molecule has 0 saturated heterocycles. The average Bonchev–Trinajstić information content (AvgIpc) is 3.12. The van der Waals surface area contributed by atoms with Gasteiger partial charge in [0.25, 0.3) is 0 Å². The van der Waals surface area contributed by atoms with Gasteiger partial charge in [-0.2, -0.15) is 0 Å². The number of aromatic amines is 1. The Bertz CT molecular complexity index is 766. The van der Waals surface area contributed by atoms with Gasteiger partial charge in [-0.05, 0) is 35.4 Å². The van der Waals surface area contributed by atoms with Crippen molar-refractivity contribution in [1.29, 1.82) is 0 Å². The van der Waals surface area contributed by atoms with Crippen LogP contribution in [0.15, 0.2) is 35.8 Å². The zero-order chi connectivity index (χ0) is 14.1. The number of hydrogen-bond acceptors (Lipinski definition) is 2. The maximum atomic E-state index is 12.8. The maximum Gasteiger partial charge on any atom is 0.205 e. The molecule has 20 heavy (non-hydrogen) atoms. The van der Waals surface area contributed by atoms with E-state index in [4.69, 9.17) is 0 Å². The number of ketones is 1. The van der Waals surface area contributed by atoms with Crippen molar-refractivity contribution < 1.29 is 4.79 Å². The third-order valence-corrected chi connectivity index (χ3v) is 4.72. The molecule has 0 unspecified atom stereocenters. The van der Waals surface area contributed by atoms with Crippen molar-refractivity contribution >= 4 is 28.0 Å². The molecule has 3 aromatic rings. The van der Waals surface area contributed by atoms with Crippen LogP contribution in [-0.2, 0) is 12.8 Å². The van der Waals surface area contributed by atoms with Crippen molar-refractivity contribution in [3.8, 4) is 0 Å². The number of para-hydroxylation sites is 1. The van der Waals surface area contributed by atoms with Crippen LogP contribution < -0.4 is 0 Å². The van der Waals surface area contributed by atoms with Crippen molar-refractivity contribution in [1.82, 2.24) is 4.98 Å². The third-order valence-electron chi connectivity index (χ3n) is 3.76. The molecule has 0 spiro atoms. The Labute approximate surface area is 122 Å². The Balaban J connectivity index is 2.13. The molecule has 0 saturated carbocycles. The Morgan fingerprint density at radius 1 is 1.15 bits per heavy atom. The van der Waals surface area contributed by atoms with Gasteiger partial charge in [0, 0.05) is 22.7 Å². The van der Waals surface area contributed by atoms with Gasteiger partial charge in [0.1, 0.15) is 0 Å². The first-order valence-electron chi connectivity index (χ1n) is 6.96. The molecule has 0 aliphatic carbocycles. The number of benzene rings is 1. The molecule has 0 aliphatic rings. The van der Waals surface area contributed by atoms with Crippen molar-refractivity contribution in [2.45, 2.75) is 26.7 Å². The Morgan fingerprint density at radius 3 is 2.70 bits per heavy atom. The molecule has 2 heterocycles. The minimum Gasteiger partial charge on any atom is -0.360 e. The first-order chi connectivity index (χ1) is 9.76. The van der Waals surface area contributed by atoms with E-state index in [1.54, 1.807) is 0 Å². The summed E-state index contributed by atoms with van der Waals surface area (Å²) in [5.41, 5.74) is 4.27. The number of H-pyrrole nitrogens is 1. The predicted molar refractivity (Wildman–Crippen MR) is 84.8 cm³/mol. The largest absolute Gasteiger partial charge is 0.360 e. The smallest absolute Gasteiger partial charge is 0.205 e. The van der Waals surface area contributed by atoms with Gasteiger partial charge in [0.2, 0.25) is 5.78 Å². The Morgan fingerprint density at radius 2 is 1.95 bits per heavy atom. The summed E-state index contributed by atoms with van der Waals surface area (Å²) in [6.45, 7) is 4.22. The molecule has 0 fully saturated rings. The second kappa shape index (κ2) is 5.25. The van der Waals surface area contributed by atoms with E-state index >= 15 is 0 Å². The summed E-state index contributed by atoms with van der Waals surface area (Å²) in [6.07, 6.45) is 3.71. The van der Waals surface area contributed by atoms with Crippen molar-refractivity contribution in [3.05, 3.63) is 57.4 Å². The average molecular weight is 283 g/mol. The lowest BCUT2D eigenvalue weighted by Crippen LogP contribution is -2.00. The molecular formula is C17H17NOS. The molecule has 0 radical (unpaired) electrons. The number of carbonyl (C=O) groups is 1. The summed E-state index contributed by atoms with van der Waals surface area (Å²) in [4.78, 5) is 16.9. The third kappa shape index (κ3) is 1.98. The highest BCUT2D eigenvalue weighted by Crippen LogP contribution is 2.27. The van der Waals surface area contributed by atoms with E-state index in [9.17, 15) is 4.79 Å². The molecule has 1 N–H and O–H groups in total. The minimum absolute atomic E-state index is 0.136. The number of aromatic nitrogens is 1. The van der Waals surface area contributed by atoms with Crippen molar-refractivity contribution in [2.75, 3.05) is 0 Å². The van der Waals surface area contributed by atoms with Crippen LogP contribution in [0.4, 0.5) is 0 Å². The number of hydrogen-bond donors (Lipinski definition) is 1. The Hall–Kier alpha value is -1.87. The highest BCUT2D eigenvalue weighted by Gasteiger charge is 2.18. The normalized spacial score (nSPS) is 11.1. The zero-order valence-electron chi connectivity index (χ0n) is 11.7. The minimum atomic E-state index is 0.136. The molecule has 0 atom stereocenters. The van der Waals surface area contributed by atoms with Crippen molar-refractivity contribution in [2.24, 2.45) is 0 Å². The van der Waals surface area contributed by atoms with E-state index in [-0.39, 0.29) is 5.78 Å². The SMILES string of the molecule is CCc1ccsc1C(=O)c1c[nH]c2c(CC)cccc12. The quantitative estimate of drug-likeness (QED) is 0.698. The second-order valence-corrected chi connectivity index (χ2v) is 5.77. The summed E-state index contributed by atoms with van der Waals surface area (Å²) in [5, 5.41) is 3.03. The highest BCUT2D eigenvalue weighted by molar-refractivity contribution is 7.12. The first kappa shape index (κ1) is 13.1. The van der Waals surface area contributed by atoms with Gasteiger partial charge in [0.05, 0.1) is 4.88 Å². The van der Waals surface area contributed by atoms with E-state index in [0.717, 1.165) is 39.7 Å². The first-order valence-corrected chi connectivity index (χ1v) is 7.84. The van der Waals surface area contributed by atoms with Crippen LogP contribution in [0.5, 0.6) is 0 Å². The monoisotopic (exact) mass is 283 g/mol. The molecule has 102 valence electrons. The van der Waals surface area contributed by atoms with Crippen molar-refractivity contribution in [3.63, 3.8) is 0 Å². The van der Waals surface area contributed by atoms with Crippen LogP contribution in [0, 0.1) is 0 Å². The topological polar surface area (TPSA) is 32.9 Å². The number of nitrogens with one attached hydrogen (secondary N) is 1. The van der Waals surface area contributed by atoms with Gasteiger partial charge in [-0.3, -0.25) is 4.79 Å². The summed E-state index contributed by atoms with van der Waals surface area (Å²) in [6, 6.07) is 8.21. The number of aryl methyl sites for hydroxylation is 2. The maximum absolute atomic E-state index is 12.8. The van der Waals surface area contributed by atoms with Gasteiger partial charge in [-0.15, -0.1) is 11.3 Å². The summed E-state index contributed by atoms with van der Waals surface area (Å²) < 4.78 is 0. The number of thiophene rings is 1. The molecule has 0 aliphatic heterocycles. The number of rotatable bonds is 4. The molecule has 0 amide bonds. The fourth-order valence-corrected chi connectivity index (χ4v) is 3.58. The molecular weight excluding hydrogens is 266 g/mol. The van der Waals surface area contributed by atoms with Crippen LogP contribution in [0.2, 0.25) is 0 Å². The predicted octanol–water partition coefficient (Wildman–Crippen LogP) is 4.59. The standard InChI is InChI=1S/C17H17NOS/c1-3-11-6-5-7-13-14(10-18-15(11)13)16(19)17-12(4-2)8-9-20-17/h5-10,18H,3-4H2,1-2H3. The molecule has 2 nitrogen and oxygen atoms in total. The lowest BCUT2D eigenvalue weighted by atomic mass is 10.0. The summed E-state index contributed by atoms with van der Waals surface area (Å²) in [7, 11) is 0. The molecule has 2 aromatic heterocycles. The summed E-state index contributed by atoms with van der Waals surface area (Å²) >= 11 is 1.54. The van der Waals surface area contributed by atoms with Crippen LogP contribution in [0.3, 0.4) is 0 Å². The van der Waals surface area contributed by atoms with E-state index in [0.29, 0.717) is 0 Å². The van der Waals surface area contributed by atoms with E-state index < -0.39 is 0 Å². The fraction of sp³-hybridized carbons (Fsp3) is 0.235. The van der Waals surface area contributed by atoms with Gasteiger partial charge in [0.15, 0.2) is 0 Å². The lowest BCUT2D eigenvalue weighted by molar-refractivity contribution is 0.104. The van der Waals surface area contributed by atoms with Crippen LogP contribution >= 0.6 is 11.3 Å². The molecule has 3 heteroatoms. The molecule has 1 aromatic carbocycles. The van der Waals surface area contributed by atoms with Gasteiger partial charge < -0.3 is 4.98 Å². The van der Waals surface area contributed by atoms with Crippen LogP contribution in [0.1, 0.15) is 40.2 Å². The van der Waals surface area contributed by atoms with E-state index in [1.807, 2.05) is 29.8 Å². The second-order valence-electron chi connectivity index (χ2n) is 4.85. The fourth-order valence-electron chi connectivity index (χ4n) is 2.64. The zero-order valence-corrected chi connectivity index (χ0v) is 12.5. The van der Waals surface area contributed by atoms with Gasteiger partial charge in [-0.1, -0.05) is 32.0 Å². The number of carbonyl (C=O) groups excluding carboxylic acids is 1. The van der Waals surface area contributed by atoms with Gasteiger partial charge >= 0.3 is 0 Å². The van der Waals surface area contributed by atoms with Crippen LogP contribution in [0.25, 0.3) is 10.9 Å². The number of fused-ring (bicyclic) bond motifs is 1. The lowest BCUT2D eigenvalue weighted by Gasteiger charge is -2.02.